The van der Waals surface area contributed by atoms with Crippen molar-refractivity contribution in [3.05, 3.63) is 58.1 Å². The van der Waals surface area contributed by atoms with E-state index in [4.69, 9.17) is 11.6 Å². The maximum atomic E-state index is 13.1. The highest BCUT2D eigenvalue weighted by atomic mass is 35.5. The maximum absolute atomic E-state index is 13.1. The van der Waals surface area contributed by atoms with Gasteiger partial charge < -0.3 is 4.90 Å². The van der Waals surface area contributed by atoms with Crippen LogP contribution in [0.3, 0.4) is 0 Å². The fourth-order valence-electron chi connectivity index (χ4n) is 3.21. The Balaban J connectivity index is 1.79. The number of sulfonamides is 1. The minimum absolute atomic E-state index is 0.423. The lowest BCUT2D eigenvalue weighted by Gasteiger charge is -2.35. The van der Waals surface area contributed by atoms with E-state index in [0.29, 0.717) is 36.1 Å². The molecule has 2 aromatic carbocycles. The van der Waals surface area contributed by atoms with Crippen LogP contribution in [0.25, 0.3) is 0 Å². The van der Waals surface area contributed by atoms with Crippen molar-refractivity contribution in [1.29, 1.82) is 0 Å². The molecule has 4 nitrogen and oxygen atoms in total. The first kappa shape index (κ1) is 18.2. The normalized spacial score (nSPS) is 16.2. The summed E-state index contributed by atoms with van der Waals surface area (Å²) in [6.07, 6.45) is 0. The molecule has 0 aromatic heterocycles. The topological polar surface area (TPSA) is 40.6 Å². The van der Waals surface area contributed by atoms with Crippen LogP contribution in [0.15, 0.2) is 41.3 Å². The Hall–Kier alpha value is -1.56. The van der Waals surface area contributed by atoms with Gasteiger partial charge in [0.25, 0.3) is 0 Å². The summed E-state index contributed by atoms with van der Waals surface area (Å²) in [4.78, 5) is 2.59. The first-order chi connectivity index (χ1) is 11.8. The van der Waals surface area contributed by atoms with Crippen LogP contribution in [0.2, 0.25) is 5.02 Å². The molecule has 0 atom stereocenters. The summed E-state index contributed by atoms with van der Waals surface area (Å²) in [6, 6.07) is 11.4. The highest BCUT2D eigenvalue weighted by Crippen LogP contribution is 2.26. The van der Waals surface area contributed by atoms with E-state index in [1.165, 1.54) is 0 Å². The second kappa shape index (κ2) is 6.98. The molecule has 1 aliphatic rings. The standard InChI is InChI=1S/C19H23ClN2O2S/c1-14-11-16(3)19(12-15(14)2)25(23,24)22-9-7-21(8-10-22)18-6-4-5-17(20)13-18/h4-6,11-13H,7-10H2,1-3H3. The van der Waals surface area contributed by atoms with Crippen LogP contribution in [0.5, 0.6) is 0 Å². The average Bonchev–Trinajstić information content (AvgIpc) is 2.58. The predicted octanol–water partition coefficient (Wildman–Crippen LogP) is 3.78. The van der Waals surface area contributed by atoms with Gasteiger partial charge in [-0.15, -0.1) is 0 Å². The molecule has 0 bridgehead atoms. The number of hydrogen-bond acceptors (Lipinski definition) is 3. The molecule has 0 aliphatic carbocycles. The molecule has 25 heavy (non-hydrogen) atoms. The molecule has 0 N–H and O–H groups in total. The highest BCUT2D eigenvalue weighted by molar-refractivity contribution is 7.89. The number of piperazine rings is 1. The molecule has 1 aliphatic heterocycles. The molecule has 1 saturated heterocycles. The summed E-state index contributed by atoms with van der Waals surface area (Å²) in [6.45, 7) is 8.07. The summed E-state index contributed by atoms with van der Waals surface area (Å²) in [5.74, 6) is 0. The van der Waals surface area contributed by atoms with Gasteiger partial charge in [0.05, 0.1) is 4.90 Å². The zero-order chi connectivity index (χ0) is 18.2. The Bertz CT molecular complexity index is 888. The largest absolute Gasteiger partial charge is 0.369 e. The van der Waals surface area contributed by atoms with Gasteiger partial charge in [-0.25, -0.2) is 8.42 Å². The van der Waals surface area contributed by atoms with Crippen molar-refractivity contribution in [2.75, 3.05) is 31.1 Å². The van der Waals surface area contributed by atoms with Crippen molar-refractivity contribution in [3.8, 4) is 0 Å². The first-order valence-electron chi connectivity index (χ1n) is 8.37. The van der Waals surface area contributed by atoms with E-state index in [0.717, 1.165) is 22.4 Å². The maximum Gasteiger partial charge on any atom is 0.243 e. The number of benzene rings is 2. The zero-order valence-electron chi connectivity index (χ0n) is 14.8. The number of rotatable bonds is 3. The lowest BCUT2D eigenvalue weighted by molar-refractivity contribution is 0.384. The molecule has 6 heteroatoms. The van der Waals surface area contributed by atoms with Crippen molar-refractivity contribution < 1.29 is 8.42 Å². The van der Waals surface area contributed by atoms with Crippen LogP contribution < -0.4 is 4.90 Å². The van der Waals surface area contributed by atoms with E-state index in [1.807, 2.05) is 51.1 Å². The second-order valence-corrected chi connectivity index (χ2v) is 8.92. The number of nitrogens with zero attached hydrogens (tertiary/aromatic N) is 2. The molecular formula is C19H23ClN2O2S. The monoisotopic (exact) mass is 378 g/mol. The number of halogens is 1. The molecule has 3 rings (SSSR count). The highest BCUT2D eigenvalue weighted by Gasteiger charge is 2.30. The van der Waals surface area contributed by atoms with Gasteiger partial charge in [-0.2, -0.15) is 4.31 Å². The predicted molar refractivity (Wildman–Crippen MR) is 103 cm³/mol. The molecule has 2 aromatic rings. The van der Waals surface area contributed by atoms with Crippen molar-refractivity contribution in [3.63, 3.8) is 0 Å². The van der Waals surface area contributed by atoms with E-state index in [-0.39, 0.29) is 0 Å². The van der Waals surface area contributed by atoms with Crippen molar-refractivity contribution in [1.82, 2.24) is 4.31 Å². The van der Waals surface area contributed by atoms with Crippen LogP contribution in [-0.4, -0.2) is 38.9 Å². The second-order valence-electron chi connectivity index (χ2n) is 6.57. The van der Waals surface area contributed by atoms with Crippen molar-refractivity contribution >= 4 is 27.3 Å². The Morgan fingerprint density at radius 2 is 1.52 bits per heavy atom. The number of hydrogen-bond donors (Lipinski definition) is 0. The quantitative estimate of drug-likeness (QED) is 0.816. The van der Waals surface area contributed by atoms with Crippen LogP contribution >= 0.6 is 11.6 Å². The molecule has 1 heterocycles. The van der Waals surface area contributed by atoms with E-state index < -0.39 is 10.0 Å². The summed E-state index contributed by atoms with van der Waals surface area (Å²) in [5, 5.41) is 0.693. The van der Waals surface area contributed by atoms with Crippen molar-refractivity contribution in [2.24, 2.45) is 0 Å². The van der Waals surface area contributed by atoms with Crippen LogP contribution in [0, 0.1) is 20.8 Å². The summed E-state index contributed by atoms with van der Waals surface area (Å²) < 4.78 is 27.7. The SMILES string of the molecule is Cc1cc(C)c(S(=O)(=O)N2CCN(c3cccc(Cl)c3)CC2)cc1C. The van der Waals surface area contributed by atoms with Crippen molar-refractivity contribution in [2.45, 2.75) is 25.7 Å². The minimum Gasteiger partial charge on any atom is -0.369 e. The summed E-state index contributed by atoms with van der Waals surface area (Å²) in [7, 11) is -3.47. The molecule has 134 valence electrons. The third-order valence-corrected chi connectivity index (χ3v) is 7.10. The van der Waals surface area contributed by atoms with Gasteiger partial charge in [-0.05, 0) is 61.7 Å². The lowest BCUT2D eigenvalue weighted by atomic mass is 10.1. The third kappa shape index (κ3) is 3.68. The van der Waals surface area contributed by atoms with Crippen LogP contribution in [0.1, 0.15) is 16.7 Å². The smallest absolute Gasteiger partial charge is 0.243 e. The third-order valence-electron chi connectivity index (χ3n) is 4.82. The fraction of sp³-hybridized carbons (Fsp3) is 0.368. The summed E-state index contributed by atoms with van der Waals surface area (Å²) in [5.41, 5.74) is 3.95. The lowest BCUT2D eigenvalue weighted by Crippen LogP contribution is -2.48. The van der Waals surface area contributed by atoms with E-state index in [1.54, 1.807) is 10.4 Å². The molecule has 0 radical (unpaired) electrons. The first-order valence-corrected chi connectivity index (χ1v) is 10.2. The Morgan fingerprint density at radius 3 is 2.16 bits per heavy atom. The van der Waals surface area contributed by atoms with Gasteiger partial charge in [0, 0.05) is 36.9 Å². The molecule has 0 saturated carbocycles. The average molecular weight is 379 g/mol. The molecule has 1 fully saturated rings. The van der Waals surface area contributed by atoms with Gasteiger partial charge in [0.15, 0.2) is 0 Å². The van der Waals surface area contributed by atoms with Crippen LogP contribution in [-0.2, 0) is 10.0 Å². The van der Waals surface area contributed by atoms with Gasteiger partial charge in [0.2, 0.25) is 10.0 Å². The van der Waals surface area contributed by atoms with Crippen LogP contribution in [0.4, 0.5) is 5.69 Å². The number of aryl methyl sites for hydroxylation is 3. The van der Waals surface area contributed by atoms with E-state index in [2.05, 4.69) is 4.90 Å². The number of anilines is 1. The molecule has 0 unspecified atom stereocenters. The van der Waals surface area contributed by atoms with Gasteiger partial charge in [-0.3, -0.25) is 0 Å². The Labute approximate surface area is 155 Å². The molecule has 0 spiro atoms. The summed E-state index contributed by atoms with van der Waals surface area (Å²) >= 11 is 6.06. The molecule has 0 amide bonds. The van der Waals surface area contributed by atoms with Gasteiger partial charge >= 0.3 is 0 Å². The Morgan fingerprint density at radius 1 is 0.880 bits per heavy atom. The van der Waals surface area contributed by atoms with Gasteiger partial charge in [-0.1, -0.05) is 23.7 Å². The zero-order valence-corrected chi connectivity index (χ0v) is 16.4. The Kier molecular flexibility index (Phi) is 5.09. The van der Waals surface area contributed by atoms with E-state index in [9.17, 15) is 8.42 Å². The molecular weight excluding hydrogens is 356 g/mol. The minimum atomic E-state index is -3.47. The fourth-order valence-corrected chi connectivity index (χ4v) is 5.11. The van der Waals surface area contributed by atoms with E-state index >= 15 is 0 Å². The van der Waals surface area contributed by atoms with Gasteiger partial charge in [0.1, 0.15) is 0 Å².